The summed E-state index contributed by atoms with van der Waals surface area (Å²) in [5, 5.41) is 19.3. The molecule has 0 spiro atoms. The molecule has 2 N–H and O–H groups in total. The molecule has 0 heterocycles. The zero-order valence-corrected chi connectivity index (χ0v) is 7.65. The normalized spacial score (nSPS) is 9.50. The first-order chi connectivity index (χ1) is 6.60. The lowest BCUT2D eigenvalue weighted by molar-refractivity contribution is -0.385. The van der Waals surface area contributed by atoms with E-state index in [1.165, 1.54) is 6.07 Å². The molecule has 0 aliphatic rings. The summed E-state index contributed by atoms with van der Waals surface area (Å²) in [5.41, 5.74) is 6.51. The monoisotopic (exact) mass is 191 g/mol. The number of aryl methyl sites for hydroxylation is 1. The fourth-order valence-corrected chi connectivity index (χ4v) is 1.30. The predicted octanol–water partition coefficient (Wildman–Crippen LogP) is 1.23. The average Bonchev–Trinajstić information content (AvgIpc) is 2.15. The lowest BCUT2D eigenvalue weighted by Crippen LogP contribution is -2.01. The van der Waals surface area contributed by atoms with Crippen LogP contribution < -0.4 is 5.73 Å². The number of nitriles is 1. The quantitative estimate of drug-likeness (QED) is 0.562. The Morgan fingerprint density at radius 1 is 1.64 bits per heavy atom. The molecule has 0 fully saturated rings. The molecule has 0 atom stereocenters. The number of hydrogen-bond acceptors (Lipinski definition) is 4. The fourth-order valence-electron chi connectivity index (χ4n) is 1.30. The van der Waals surface area contributed by atoms with Crippen LogP contribution in [-0.2, 0) is 6.54 Å². The van der Waals surface area contributed by atoms with Crippen molar-refractivity contribution < 1.29 is 4.92 Å². The van der Waals surface area contributed by atoms with Crippen LogP contribution in [-0.4, -0.2) is 4.92 Å². The van der Waals surface area contributed by atoms with E-state index in [0.29, 0.717) is 5.56 Å². The Morgan fingerprint density at radius 3 is 2.71 bits per heavy atom. The van der Waals surface area contributed by atoms with Gasteiger partial charge in [-0.15, -0.1) is 0 Å². The summed E-state index contributed by atoms with van der Waals surface area (Å²) < 4.78 is 0. The molecule has 5 heteroatoms. The Hall–Kier alpha value is -1.93. The van der Waals surface area contributed by atoms with Gasteiger partial charge in [-0.3, -0.25) is 10.1 Å². The van der Waals surface area contributed by atoms with Crippen LogP contribution >= 0.6 is 0 Å². The second-order valence-electron chi connectivity index (χ2n) is 2.88. The van der Waals surface area contributed by atoms with Crippen molar-refractivity contribution >= 4 is 5.69 Å². The lowest BCUT2D eigenvalue weighted by Gasteiger charge is -2.02. The molecular weight excluding hydrogens is 182 g/mol. The number of nitrogens with two attached hydrogens (primary N) is 1. The third-order valence-electron chi connectivity index (χ3n) is 1.90. The van der Waals surface area contributed by atoms with Gasteiger partial charge in [0.1, 0.15) is 11.6 Å². The number of rotatable bonds is 2. The van der Waals surface area contributed by atoms with Gasteiger partial charge in [0.15, 0.2) is 0 Å². The van der Waals surface area contributed by atoms with Crippen LogP contribution in [0.4, 0.5) is 5.69 Å². The molecule has 0 saturated carbocycles. The van der Waals surface area contributed by atoms with Gasteiger partial charge >= 0.3 is 0 Å². The minimum Gasteiger partial charge on any atom is -0.326 e. The van der Waals surface area contributed by atoms with Crippen molar-refractivity contribution in [1.29, 1.82) is 5.26 Å². The SMILES string of the molecule is Cc1cc(CN)cc(C#N)c1[N+](=O)[O-]. The zero-order valence-electron chi connectivity index (χ0n) is 7.65. The van der Waals surface area contributed by atoms with Gasteiger partial charge in [-0.05, 0) is 24.6 Å². The second kappa shape index (κ2) is 3.85. The molecular formula is C9H9N3O2. The zero-order chi connectivity index (χ0) is 10.7. The van der Waals surface area contributed by atoms with Crippen molar-refractivity contribution in [2.45, 2.75) is 13.5 Å². The first kappa shape index (κ1) is 10.2. The molecule has 0 amide bonds. The summed E-state index contributed by atoms with van der Waals surface area (Å²) in [6.45, 7) is 1.87. The molecule has 1 aromatic rings. The maximum Gasteiger partial charge on any atom is 0.289 e. The molecule has 5 nitrogen and oxygen atoms in total. The highest BCUT2D eigenvalue weighted by Crippen LogP contribution is 2.24. The third-order valence-corrected chi connectivity index (χ3v) is 1.90. The molecule has 0 bridgehead atoms. The van der Waals surface area contributed by atoms with Crippen molar-refractivity contribution in [3.63, 3.8) is 0 Å². The molecule has 1 rings (SSSR count). The van der Waals surface area contributed by atoms with Gasteiger partial charge in [0.05, 0.1) is 4.92 Å². The van der Waals surface area contributed by atoms with Crippen molar-refractivity contribution in [3.05, 3.63) is 38.9 Å². The van der Waals surface area contributed by atoms with Gasteiger partial charge in [-0.2, -0.15) is 5.26 Å². The van der Waals surface area contributed by atoms with E-state index in [9.17, 15) is 10.1 Å². The lowest BCUT2D eigenvalue weighted by atomic mass is 10.0. The maximum absolute atomic E-state index is 10.6. The van der Waals surface area contributed by atoms with Crippen LogP contribution in [0.25, 0.3) is 0 Å². The van der Waals surface area contributed by atoms with Crippen molar-refractivity contribution in [3.8, 4) is 6.07 Å². The van der Waals surface area contributed by atoms with E-state index >= 15 is 0 Å². The van der Waals surface area contributed by atoms with E-state index in [1.54, 1.807) is 19.1 Å². The molecule has 72 valence electrons. The van der Waals surface area contributed by atoms with E-state index in [2.05, 4.69) is 0 Å². The summed E-state index contributed by atoms with van der Waals surface area (Å²) in [5.74, 6) is 0. The molecule has 0 radical (unpaired) electrons. The Labute approximate surface area is 80.9 Å². The van der Waals surface area contributed by atoms with Crippen molar-refractivity contribution in [2.75, 3.05) is 0 Å². The summed E-state index contributed by atoms with van der Waals surface area (Å²) in [7, 11) is 0. The Balaban J connectivity index is 3.44. The number of benzene rings is 1. The number of nitro benzene ring substituents is 1. The topological polar surface area (TPSA) is 93.0 Å². The maximum atomic E-state index is 10.6. The second-order valence-corrected chi connectivity index (χ2v) is 2.88. The van der Waals surface area contributed by atoms with Crippen LogP contribution in [0.2, 0.25) is 0 Å². The molecule has 0 aromatic heterocycles. The van der Waals surface area contributed by atoms with E-state index in [0.717, 1.165) is 5.56 Å². The van der Waals surface area contributed by atoms with E-state index < -0.39 is 4.92 Å². The largest absolute Gasteiger partial charge is 0.326 e. The molecule has 0 unspecified atom stereocenters. The van der Waals surface area contributed by atoms with Crippen LogP contribution in [0.3, 0.4) is 0 Å². The Bertz CT molecular complexity index is 421. The molecule has 0 aliphatic carbocycles. The number of nitrogens with zero attached hydrogens (tertiary/aromatic N) is 2. The van der Waals surface area contributed by atoms with Gasteiger partial charge < -0.3 is 5.73 Å². The summed E-state index contributed by atoms with van der Waals surface area (Å²) in [6, 6.07) is 4.87. The van der Waals surface area contributed by atoms with Gasteiger partial charge in [-0.25, -0.2) is 0 Å². The third kappa shape index (κ3) is 1.70. The molecule has 0 saturated heterocycles. The number of hydrogen-bond donors (Lipinski definition) is 1. The molecule has 1 aromatic carbocycles. The Kier molecular flexibility index (Phi) is 2.79. The van der Waals surface area contributed by atoms with Gasteiger partial charge in [0, 0.05) is 12.1 Å². The standard InChI is InChI=1S/C9H9N3O2/c1-6-2-7(4-10)3-8(5-11)9(6)12(13)14/h2-3H,4,10H2,1H3. The van der Waals surface area contributed by atoms with Crippen LogP contribution in [0.1, 0.15) is 16.7 Å². The highest BCUT2D eigenvalue weighted by atomic mass is 16.6. The summed E-state index contributed by atoms with van der Waals surface area (Å²) in [6.07, 6.45) is 0. The van der Waals surface area contributed by atoms with Crippen molar-refractivity contribution in [2.24, 2.45) is 5.73 Å². The summed E-state index contributed by atoms with van der Waals surface area (Å²) >= 11 is 0. The van der Waals surface area contributed by atoms with E-state index in [4.69, 9.17) is 11.0 Å². The van der Waals surface area contributed by atoms with Crippen LogP contribution in [0.5, 0.6) is 0 Å². The highest BCUT2D eigenvalue weighted by molar-refractivity contribution is 5.55. The fraction of sp³-hybridized carbons (Fsp3) is 0.222. The van der Waals surface area contributed by atoms with Gasteiger partial charge in [-0.1, -0.05) is 0 Å². The van der Waals surface area contributed by atoms with Gasteiger partial charge in [0.25, 0.3) is 5.69 Å². The van der Waals surface area contributed by atoms with E-state index in [-0.39, 0.29) is 17.8 Å². The minimum atomic E-state index is -0.547. The average molecular weight is 191 g/mol. The first-order valence-electron chi connectivity index (χ1n) is 3.98. The number of nitro groups is 1. The van der Waals surface area contributed by atoms with Gasteiger partial charge in [0.2, 0.25) is 0 Å². The highest BCUT2D eigenvalue weighted by Gasteiger charge is 2.17. The Morgan fingerprint density at radius 2 is 2.29 bits per heavy atom. The molecule has 14 heavy (non-hydrogen) atoms. The van der Waals surface area contributed by atoms with Crippen LogP contribution in [0, 0.1) is 28.4 Å². The summed E-state index contributed by atoms with van der Waals surface area (Å²) in [4.78, 5) is 10.1. The molecule has 0 aliphatic heterocycles. The van der Waals surface area contributed by atoms with Crippen molar-refractivity contribution in [1.82, 2.24) is 0 Å². The predicted molar refractivity (Wildman–Crippen MR) is 50.4 cm³/mol. The van der Waals surface area contributed by atoms with E-state index in [1.807, 2.05) is 0 Å². The first-order valence-corrected chi connectivity index (χ1v) is 3.98. The minimum absolute atomic E-state index is 0.0652. The smallest absolute Gasteiger partial charge is 0.289 e. The van der Waals surface area contributed by atoms with Crippen LogP contribution in [0.15, 0.2) is 12.1 Å².